The zero-order valence-electron chi connectivity index (χ0n) is 16.1. The average molecular weight is 376 g/mol. The van der Waals surface area contributed by atoms with Gasteiger partial charge in [-0.15, -0.1) is 0 Å². The number of hydrogen-bond acceptors (Lipinski definition) is 4. The second kappa shape index (κ2) is 7.24. The van der Waals surface area contributed by atoms with Crippen LogP contribution in [0.3, 0.4) is 0 Å². The van der Waals surface area contributed by atoms with E-state index in [4.69, 9.17) is 4.74 Å². The fourth-order valence-corrected chi connectivity index (χ4v) is 4.65. The number of fused-ring (bicyclic) bond motifs is 4. The van der Waals surface area contributed by atoms with Gasteiger partial charge in [-0.25, -0.2) is 4.79 Å². The molecule has 0 spiro atoms. The van der Waals surface area contributed by atoms with Crippen LogP contribution in [0, 0.1) is 5.92 Å². The number of aromatic nitrogens is 1. The summed E-state index contributed by atoms with van der Waals surface area (Å²) in [7, 11) is 0. The lowest BCUT2D eigenvalue weighted by Crippen LogP contribution is -2.52. The molecular weight excluding hydrogens is 352 g/mol. The normalized spacial score (nSPS) is 24.4. The zero-order chi connectivity index (χ0) is 19.7. The van der Waals surface area contributed by atoms with E-state index < -0.39 is 5.54 Å². The maximum Gasteiger partial charge on any atom is 0.339 e. The van der Waals surface area contributed by atoms with Gasteiger partial charge < -0.3 is 9.72 Å². The van der Waals surface area contributed by atoms with Crippen molar-refractivity contribution in [2.45, 2.75) is 32.2 Å². The Labute approximate surface area is 164 Å². The highest BCUT2D eigenvalue weighted by molar-refractivity contribution is 5.89. The van der Waals surface area contributed by atoms with Gasteiger partial charge in [-0.2, -0.15) is 0 Å². The van der Waals surface area contributed by atoms with Crippen molar-refractivity contribution in [2.24, 2.45) is 5.92 Å². The molecule has 0 aliphatic heterocycles. The van der Waals surface area contributed by atoms with Gasteiger partial charge in [0.25, 0.3) is 0 Å². The minimum absolute atomic E-state index is 0.0869. The van der Waals surface area contributed by atoms with Crippen LogP contribution < -0.4 is 10.9 Å². The maximum atomic E-state index is 12.3. The molecule has 0 saturated carbocycles. The first-order chi connectivity index (χ1) is 13.5. The van der Waals surface area contributed by atoms with Crippen molar-refractivity contribution < 1.29 is 9.53 Å². The molecule has 2 unspecified atom stereocenters. The number of aromatic amines is 1. The van der Waals surface area contributed by atoms with E-state index in [1.54, 1.807) is 18.2 Å². The van der Waals surface area contributed by atoms with Crippen molar-refractivity contribution in [3.8, 4) is 0 Å². The van der Waals surface area contributed by atoms with E-state index in [1.165, 1.54) is 11.1 Å². The van der Waals surface area contributed by atoms with E-state index in [0.29, 0.717) is 5.56 Å². The lowest BCUT2D eigenvalue weighted by Gasteiger charge is -2.48. The first kappa shape index (κ1) is 18.4. The van der Waals surface area contributed by atoms with E-state index >= 15 is 0 Å². The number of benzene rings is 1. The number of carbonyl (C=O) groups is 1. The Hall–Kier alpha value is -2.92. The van der Waals surface area contributed by atoms with Gasteiger partial charge in [0.1, 0.15) is 6.73 Å². The molecule has 2 atom stereocenters. The lowest BCUT2D eigenvalue weighted by atomic mass is 9.63. The monoisotopic (exact) mass is 376 g/mol. The summed E-state index contributed by atoms with van der Waals surface area (Å²) >= 11 is 0. The molecule has 2 N–H and O–H groups in total. The largest absolute Gasteiger partial charge is 0.446 e. The van der Waals surface area contributed by atoms with Crippen LogP contribution >= 0.6 is 0 Å². The van der Waals surface area contributed by atoms with Crippen LogP contribution in [0.25, 0.3) is 0 Å². The number of allylic oxidation sites excluding steroid dienone is 2. The number of nitrogens with one attached hydrogen (secondary N) is 2. The molecule has 1 heterocycles. The molecular formula is C23H24N2O3. The predicted molar refractivity (Wildman–Crippen MR) is 108 cm³/mol. The second-order valence-corrected chi connectivity index (χ2v) is 7.48. The summed E-state index contributed by atoms with van der Waals surface area (Å²) in [5.74, 6) is -0.134. The molecule has 5 nitrogen and oxygen atoms in total. The van der Waals surface area contributed by atoms with Crippen LogP contribution in [0.15, 0.2) is 70.6 Å². The van der Waals surface area contributed by atoms with Crippen LogP contribution in [0.2, 0.25) is 0 Å². The van der Waals surface area contributed by atoms with Crippen LogP contribution in [0.1, 0.15) is 41.9 Å². The lowest BCUT2D eigenvalue weighted by molar-refractivity contribution is 0.0425. The molecule has 2 aliphatic rings. The van der Waals surface area contributed by atoms with Crippen LogP contribution in [-0.2, 0) is 16.7 Å². The standard InChI is InChI=1S/C23H24N2O3/c1-3-18-17-11-15(2)13-23(18,19-9-10-21(26)25-20(19)12-17)24-14-28-22(27)16-7-5-4-6-8-16/h3-11,17,24H,12-14H2,1-2H3,(H,25,26). The van der Waals surface area contributed by atoms with E-state index in [0.717, 1.165) is 24.1 Å². The minimum Gasteiger partial charge on any atom is -0.446 e. The second-order valence-electron chi connectivity index (χ2n) is 7.48. The Balaban J connectivity index is 1.65. The van der Waals surface area contributed by atoms with Gasteiger partial charge in [0.05, 0.1) is 11.1 Å². The van der Waals surface area contributed by atoms with E-state index in [9.17, 15) is 9.59 Å². The zero-order valence-corrected chi connectivity index (χ0v) is 16.1. The molecule has 2 aromatic rings. The molecule has 0 radical (unpaired) electrons. The summed E-state index contributed by atoms with van der Waals surface area (Å²) in [6.45, 7) is 4.26. The van der Waals surface area contributed by atoms with Crippen LogP contribution in [-0.4, -0.2) is 17.7 Å². The first-order valence-electron chi connectivity index (χ1n) is 9.57. The quantitative estimate of drug-likeness (QED) is 0.487. The summed E-state index contributed by atoms with van der Waals surface area (Å²) in [6, 6.07) is 12.4. The third kappa shape index (κ3) is 3.12. The summed E-state index contributed by atoms with van der Waals surface area (Å²) in [5.41, 5.74) is 4.51. The minimum atomic E-state index is -0.479. The van der Waals surface area contributed by atoms with Crippen molar-refractivity contribution in [1.82, 2.24) is 10.3 Å². The van der Waals surface area contributed by atoms with Gasteiger partial charge in [0.2, 0.25) is 5.56 Å². The number of ether oxygens (including phenoxy) is 1. The first-order valence-corrected chi connectivity index (χ1v) is 9.57. The summed E-state index contributed by atoms with van der Waals surface area (Å²) in [4.78, 5) is 27.2. The Morgan fingerprint density at radius 3 is 2.82 bits per heavy atom. The maximum absolute atomic E-state index is 12.3. The van der Waals surface area contributed by atoms with Gasteiger partial charge in [-0.3, -0.25) is 10.1 Å². The van der Waals surface area contributed by atoms with Crippen LogP contribution in [0.4, 0.5) is 0 Å². The summed E-state index contributed by atoms with van der Waals surface area (Å²) < 4.78 is 5.52. The van der Waals surface area contributed by atoms with Gasteiger partial charge in [-0.1, -0.05) is 35.9 Å². The van der Waals surface area contributed by atoms with Gasteiger partial charge in [-0.05, 0) is 56.0 Å². The van der Waals surface area contributed by atoms with Crippen molar-refractivity contribution >= 4 is 5.97 Å². The molecule has 1 aromatic heterocycles. The topological polar surface area (TPSA) is 71.2 Å². The van der Waals surface area contributed by atoms with Gasteiger partial charge in [0.15, 0.2) is 0 Å². The molecule has 28 heavy (non-hydrogen) atoms. The molecule has 2 aliphatic carbocycles. The SMILES string of the molecule is CC=C1C2C=C(C)CC1(NCOC(=O)c1ccccc1)c1ccc(=O)[nH]c1C2. The summed E-state index contributed by atoms with van der Waals surface area (Å²) in [5, 5.41) is 3.50. The summed E-state index contributed by atoms with van der Waals surface area (Å²) in [6.07, 6.45) is 5.97. The van der Waals surface area contributed by atoms with Crippen molar-refractivity contribution in [3.05, 3.63) is 92.9 Å². The highest BCUT2D eigenvalue weighted by atomic mass is 16.5. The van der Waals surface area contributed by atoms with Gasteiger partial charge in [0, 0.05) is 17.7 Å². The fraction of sp³-hybridized carbons (Fsp3) is 0.304. The highest BCUT2D eigenvalue weighted by Crippen LogP contribution is 2.49. The third-order valence-electron chi connectivity index (χ3n) is 5.70. The molecule has 4 rings (SSSR count). The van der Waals surface area contributed by atoms with E-state index in [-0.39, 0.29) is 24.2 Å². The molecule has 0 amide bonds. The van der Waals surface area contributed by atoms with Gasteiger partial charge >= 0.3 is 5.97 Å². The number of hydrogen-bond donors (Lipinski definition) is 2. The van der Waals surface area contributed by atoms with E-state index in [1.807, 2.05) is 31.2 Å². The Kier molecular flexibility index (Phi) is 4.77. The number of H-pyrrole nitrogens is 1. The van der Waals surface area contributed by atoms with Crippen LogP contribution in [0.5, 0.6) is 0 Å². The number of pyridine rings is 1. The predicted octanol–water partition coefficient (Wildman–Crippen LogP) is 3.44. The Morgan fingerprint density at radius 1 is 1.29 bits per heavy atom. The number of rotatable bonds is 4. The Morgan fingerprint density at radius 2 is 2.07 bits per heavy atom. The number of esters is 1. The average Bonchev–Trinajstić information content (AvgIpc) is 2.67. The highest BCUT2D eigenvalue weighted by Gasteiger charge is 2.46. The number of carbonyl (C=O) groups excluding carboxylic acids is 1. The molecule has 5 heteroatoms. The van der Waals surface area contributed by atoms with Crippen molar-refractivity contribution in [2.75, 3.05) is 6.73 Å². The Bertz CT molecular complexity index is 1020. The molecule has 1 aromatic carbocycles. The molecule has 2 bridgehead atoms. The van der Waals surface area contributed by atoms with Crippen molar-refractivity contribution in [1.29, 1.82) is 0 Å². The molecule has 144 valence electrons. The fourth-order valence-electron chi connectivity index (χ4n) is 4.65. The molecule has 0 saturated heterocycles. The van der Waals surface area contributed by atoms with Crippen molar-refractivity contribution in [3.63, 3.8) is 0 Å². The smallest absolute Gasteiger partial charge is 0.339 e. The molecule has 0 fully saturated rings. The van der Waals surface area contributed by atoms with E-state index in [2.05, 4.69) is 29.4 Å². The third-order valence-corrected chi connectivity index (χ3v) is 5.70.